The predicted molar refractivity (Wildman–Crippen MR) is 64.4 cm³/mol. The largest absolute Gasteiger partial charge is 0.392 e. The van der Waals surface area contributed by atoms with Crippen LogP contribution in [-0.4, -0.2) is 49.0 Å². The van der Waals surface area contributed by atoms with E-state index in [2.05, 4.69) is 11.9 Å². The summed E-state index contributed by atoms with van der Waals surface area (Å²) in [5.74, 6) is 0.781. The number of rotatable bonds is 5. The van der Waals surface area contributed by atoms with Gasteiger partial charge in [-0.3, -0.25) is 4.90 Å². The zero-order valence-corrected chi connectivity index (χ0v) is 10.4. The van der Waals surface area contributed by atoms with E-state index in [0.29, 0.717) is 6.04 Å². The van der Waals surface area contributed by atoms with Gasteiger partial charge in [-0.1, -0.05) is 25.7 Å². The van der Waals surface area contributed by atoms with Crippen LogP contribution in [0.25, 0.3) is 0 Å². The van der Waals surface area contributed by atoms with Gasteiger partial charge in [-0.05, 0) is 25.8 Å². The van der Waals surface area contributed by atoms with Crippen LogP contribution in [0.15, 0.2) is 0 Å². The standard InChI is InChI=1S/C13H25NO2/c1-14(12-6-7-16-10-12)9-13(15)8-11-4-2-3-5-11/h11-13,15H,2-10H2,1H3. The lowest BCUT2D eigenvalue weighted by molar-refractivity contribution is 0.0786. The summed E-state index contributed by atoms with van der Waals surface area (Å²) in [6, 6.07) is 0.526. The second kappa shape index (κ2) is 5.99. The molecule has 0 bridgehead atoms. The van der Waals surface area contributed by atoms with Gasteiger partial charge in [0.2, 0.25) is 0 Å². The third-order valence-corrected chi connectivity index (χ3v) is 4.11. The highest BCUT2D eigenvalue weighted by Crippen LogP contribution is 2.28. The second-order valence-corrected chi connectivity index (χ2v) is 5.50. The summed E-state index contributed by atoms with van der Waals surface area (Å²) in [6.45, 7) is 2.53. The SMILES string of the molecule is CN(CC(O)CC1CCCC1)C1CCOC1. The Morgan fingerprint density at radius 2 is 2.06 bits per heavy atom. The van der Waals surface area contributed by atoms with Crippen molar-refractivity contribution in [1.29, 1.82) is 0 Å². The molecule has 1 aliphatic heterocycles. The highest BCUT2D eigenvalue weighted by Gasteiger charge is 2.24. The van der Waals surface area contributed by atoms with E-state index in [4.69, 9.17) is 4.74 Å². The number of ether oxygens (including phenoxy) is 1. The third kappa shape index (κ3) is 3.44. The summed E-state index contributed by atoms with van der Waals surface area (Å²) in [4.78, 5) is 2.27. The quantitative estimate of drug-likeness (QED) is 0.775. The fourth-order valence-corrected chi connectivity index (χ4v) is 3.06. The Balaban J connectivity index is 1.66. The lowest BCUT2D eigenvalue weighted by atomic mass is 9.99. The molecule has 1 N–H and O–H groups in total. The van der Waals surface area contributed by atoms with Gasteiger partial charge in [0.25, 0.3) is 0 Å². The Bertz CT molecular complexity index is 198. The third-order valence-electron chi connectivity index (χ3n) is 4.11. The van der Waals surface area contributed by atoms with Gasteiger partial charge in [0, 0.05) is 19.2 Å². The molecule has 1 heterocycles. The van der Waals surface area contributed by atoms with Crippen LogP contribution in [0, 0.1) is 5.92 Å². The van der Waals surface area contributed by atoms with Crippen LogP contribution in [0.4, 0.5) is 0 Å². The molecule has 0 spiro atoms. The molecule has 16 heavy (non-hydrogen) atoms. The smallest absolute Gasteiger partial charge is 0.0669 e. The van der Waals surface area contributed by atoms with Crippen molar-refractivity contribution in [3.05, 3.63) is 0 Å². The van der Waals surface area contributed by atoms with Crippen LogP contribution < -0.4 is 0 Å². The molecule has 94 valence electrons. The fraction of sp³-hybridized carbons (Fsp3) is 1.00. The Morgan fingerprint density at radius 1 is 1.31 bits per heavy atom. The number of hydrogen-bond acceptors (Lipinski definition) is 3. The van der Waals surface area contributed by atoms with Crippen molar-refractivity contribution in [2.45, 2.75) is 50.7 Å². The van der Waals surface area contributed by atoms with Crippen molar-refractivity contribution in [3.8, 4) is 0 Å². The minimum absolute atomic E-state index is 0.145. The van der Waals surface area contributed by atoms with E-state index < -0.39 is 0 Å². The van der Waals surface area contributed by atoms with Gasteiger partial charge in [0.05, 0.1) is 12.7 Å². The number of aliphatic hydroxyl groups excluding tert-OH is 1. The van der Waals surface area contributed by atoms with E-state index in [9.17, 15) is 5.11 Å². The molecule has 0 radical (unpaired) electrons. The molecule has 0 aromatic heterocycles. The molecule has 2 fully saturated rings. The molecule has 3 nitrogen and oxygen atoms in total. The molecule has 3 heteroatoms. The molecular formula is C13H25NO2. The average Bonchev–Trinajstić information content (AvgIpc) is 2.88. The second-order valence-electron chi connectivity index (χ2n) is 5.50. The molecule has 2 unspecified atom stereocenters. The Kier molecular flexibility index (Phi) is 4.62. The number of hydrogen-bond donors (Lipinski definition) is 1. The molecule has 2 rings (SSSR count). The first-order chi connectivity index (χ1) is 7.75. The summed E-state index contributed by atoms with van der Waals surface area (Å²) in [6.07, 6.45) is 7.35. The minimum Gasteiger partial charge on any atom is -0.392 e. The molecule has 1 saturated carbocycles. The molecule has 0 amide bonds. The molecular weight excluding hydrogens is 202 g/mol. The van der Waals surface area contributed by atoms with Gasteiger partial charge in [-0.25, -0.2) is 0 Å². The zero-order chi connectivity index (χ0) is 11.4. The molecule has 0 aromatic rings. The first-order valence-corrected chi connectivity index (χ1v) is 6.71. The van der Waals surface area contributed by atoms with Gasteiger partial charge in [-0.2, -0.15) is 0 Å². The van der Waals surface area contributed by atoms with Crippen LogP contribution >= 0.6 is 0 Å². The van der Waals surface area contributed by atoms with Crippen molar-refractivity contribution < 1.29 is 9.84 Å². The molecule has 1 saturated heterocycles. The van der Waals surface area contributed by atoms with Gasteiger partial charge in [0.15, 0.2) is 0 Å². The summed E-state index contributed by atoms with van der Waals surface area (Å²) in [7, 11) is 2.11. The first-order valence-electron chi connectivity index (χ1n) is 6.71. The maximum atomic E-state index is 10.1. The molecule has 1 aliphatic carbocycles. The fourth-order valence-electron chi connectivity index (χ4n) is 3.06. The van der Waals surface area contributed by atoms with E-state index >= 15 is 0 Å². The number of nitrogens with zero attached hydrogens (tertiary/aromatic N) is 1. The van der Waals surface area contributed by atoms with Crippen molar-refractivity contribution in [3.63, 3.8) is 0 Å². The van der Waals surface area contributed by atoms with Crippen molar-refractivity contribution in [2.24, 2.45) is 5.92 Å². The van der Waals surface area contributed by atoms with Gasteiger partial charge in [-0.15, -0.1) is 0 Å². The van der Waals surface area contributed by atoms with Gasteiger partial charge < -0.3 is 9.84 Å². The van der Waals surface area contributed by atoms with E-state index in [1.165, 1.54) is 25.7 Å². The molecule has 0 aromatic carbocycles. The van der Waals surface area contributed by atoms with Crippen LogP contribution in [0.5, 0.6) is 0 Å². The van der Waals surface area contributed by atoms with Crippen LogP contribution in [-0.2, 0) is 4.74 Å². The maximum Gasteiger partial charge on any atom is 0.0669 e. The Morgan fingerprint density at radius 3 is 2.69 bits per heavy atom. The average molecular weight is 227 g/mol. The van der Waals surface area contributed by atoms with E-state index in [1.54, 1.807) is 0 Å². The van der Waals surface area contributed by atoms with Crippen LogP contribution in [0.3, 0.4) is 0 Å². The van der Waals surface area contributed by atoms with E-state index in [-0.39, 0.29) is 6.10 Å². The van der Waals surface area contributed by atoms with Crippen molar-refractivity contribution in [1.82, 2.24) is 4.90 Å². The Labute approximate surface area is 98.8 Å². The van der Waals surface area contributed by atoms with E-state index in [0.717, 1.165) is 38.5 Å². The molecule has 2 atom stereocenters. The summed E-state index contributed by atoms with van der Waals surface area (Å²) in [5, 5.41) is 10.1. The Hall–Kier alpha value is -0.120. The predicted octanol–water partition coefficient (Wildman–Crippen LogP) is 1.65. The van der Waals surface area contributed by atoms with Crippen LogP contribution in [0.2, 0.25) is 0 Å². The van der Waals surface area contributed by atoms with Gasteiger partial charge in [0.1, 0.15) is 0 Å². The lowest BCUT2D eigenvalue weighted by Crippen LogP contribution is -2.38. The summed E-state index contributed by atoms with van der Waals surface area (Å²) < 4.78 is 5.37. The normalized spacial score (nSPS) is 29.1. The van der Waals surface area contributed by atoms with Crippen LogP contribution in [0.1, 0.15) is 38.5 Å². The van der Waals surface area contributed by atoms with E-state index in [1.807, 2.05) is 0 Å². The monoisotopic (exact) mass is 227 g/mol. The minimum atomic E-state index is -0.145. The van der Waals surface area contributed by atoms with Crippen molar-refractivity contribution >= 4 is 0 Å². The highest BCUT2D eigenvalue weighted by atomic mass is 16.5. The topological polar surface area (TPSA) is 32.7 Å². The summed E-state index contributed by atoms with van der Waals surface area (Å²) in [5.41, 5.74) is 0. The van der Waals surface area contributed by atoms with Gasteiger partial charge >= 0.3 is 0 Å². The summed E-state index contributed by atoms with van der Waals surface area (Å²) >= 11 is 0. The first kappa shape index (κ1) is 12.3. The number of aliphatic hydroxyl groups is 1. The zero-order valence-electron chi connectivity index (χ0n) is 10.4. The number of likely N-dealkylation sites (N-methyl/N-ethyl adjacent to an activating group) is 1. The van der Waals surface area contributed by atoms with Crippen molar-refractivity contribution in [2.75, 3.05) is 26.8 Å². The lowest BCUT2D eigenvalue weighted by Gasteiger charge is -2.26. The maximum absolute atomic E-state index is 10.1. The molecule has 2 aliphatic rings. The highest BCUT2D eigenvalue weighted by molar-refractivity contribution is 4.77.